The van der Waals surface area contributed by atoms with Crippen LogP contribution in [-0.4, -0.2) is 25.4 Å². The predicted molar refractivity (Wildman–Crippen MR) is 107 cm³/mol. The molecule has 2 aromatic carbocycles. The molecule has 2 N–H and O–H groups in total. The van der Waals surface area contributed by atoms with Gasteiger partial charge in [0.1, 0.15) is 5.82 Å². The van der Waals surface area contributed by atoms with Crippen LogP contribution < -0.4 is 10.9 Å². The Bertz CT molecular complexity index is 1150. The minimum absolute atomic E-state index is 0.0708. The number of rotatable bonds is 6. The Kier molecular flexibility index (Phi) is 4.97. The van der Waals surface area contributed by atoms with Crippen molar-refractivity contribution in [3.63, 3.8) is 0 Å². The Hall–Kier alpha value is -3.74. The number of H-pyrrole nitrogens is 1. The van der Waals surface area contributed by atoms with Crippen molar-refractivity contribution in [2.45, 2.75) is 19.3 Å². The SMILES string of the molecule is O=C(CCCc1nc2ccccc2c(=O)[nH]1)Nc1ccc(-n2ccnc2)cc1. The molecule has 0 aliphatic rings. The number of imidazole rings is 1. The van der Waals surface area contributed by atoms with E-state index in [-0.39, 0.29) is 11.5 Å². The molecule has 0 unspecified atom stereocenters. The van der Waals surface area contributed by atoms with Crippen LogP contribution in [0.3, 0.4) is 0 Å². The Morgan fingerprint density at radius 2 is 1.93 bits per heavy atom. The van der Waals surface area contributed by atoms with E-state index in [2.05, 4.69) is 20.3 Å². The lowest BCUT2D eigenvalue weighted by molar-refractivity contribution is -0.116. The summed E-state index contributed by atoms with van der Waals surface area (Å²) in [7, 11) is 0. The summed E-state index contributed by atoms with van der Waals surface area (Å²) < 4.78 is 1.89. The van der Waals surface area contributed by atoms with Crippen molar-refractivity contribution in [3.8, 4) is 5.69 Å². The van der Waals surface area contributed by atoms with E-state index in [1.165, 1.54) is 0 Å². The first-order chi connectivity index (χ1) is 13.7. The maximum Gasteiger partial charge on any atom is 0.258 e. The lowest BCUT2D eigenvalue weighted by atomic mass is 10.2. The number of nitrogens with one attached hydrogen (secondary N) is 2. The first kappa shape index (κ1) is 17.7. The molecule has 0 radical (unpaired) electrons. The van der Waals surface area contributed by atoms with E-state index in [9.17, 15) is 9.59 Å². The zero-order chi connectivity index (χ0) is 19.3. The van der Waals surface area contributed by atoms with Gasteiger partial charge in [0, 0.05) is 36.6 Å². The molecule has 0 aliphatic heterocycles. The molecule has 0 saturated heterocycles. The van der Waals surface area contributed by atoms with E-state index in [1.54, 1.807) is 18.6 Å². The number of aromatic nitrogens is 4. The third kappa shape index (κ3) is 3.98. The molecule has 0 fully saturated rings. The summed E-state index contributed by atoms with van der Waals surface area (Å²) >= 11 is 0. The molecule has 4 rings (SSSR count). The first-order valence-electron chi connectivity index (χ1n) is 9.05. The van der Waals surface area contributed by atoms with Crippen molar-refractivity contribution in [1.29, 1.82) is 0 Å². The van der Waals surface area contributed by atoms with E-state index in [0.717, 1.165) is 11.4 Å². The van der Waals surface area contributed by atoms with Crippen molar-refractivity contribution in [2.24, 2.45) is 0 Å². The van der Waals surface area contributed by atoms with Crippen LogP contribution in [-0.2, 0) is 11.2 Å². The minimum atomic E-state index is -0.150. The number of amides is 1. The van der Waals surface area contributed by atoms with E-state index < -0.39 is 0 Å². The van der Waals surface area contributed by atoms with Crippen molar-refractivity contribution < 1.29 is 4.79 Å². The molecule has 140 valence electrons. The van der Waals surface area contributed by atoms with Gasteiger partial charge in [-0.1, -0.05) is 12.1 Å². The summed E-state index contributed by atoms with van der Waals surface area (Å²) in [6, 6.07) is 14.8. The smallest absolute Gasteiger partial charge is 0.258 e. The number of aromatic amines is 1. The van der Waals surface area contributed by atoms with Crippen LogP contribution in [0.5, 0.6) is 0 Å². The van der Waals surface area contributed by atoms with E-state index in [4.69, 9.17) is 0 Å². The number of carbonyl (C=O) groups is 1. The van der Waals surface area contributed by atoms with Gasteiger partial charge in [-0.2, -0.15) is 0 Å². The quantitative estimate of drug-likeness (QED) is 0.543. The molecule has 0 saturated carbocycles. The Morgan fingerprint density at radius 1 is 1.11 bits per heavy atom. The number of anilines is 1. The molecule has 2 heterocycles. The van der Waals surface area contributed by atoms with Gasteiger partial charge in [-0.25, -0.2) is 9.97 Å². The highest BCUT2D eigenvalue weighted by Crippen LogP contribution is 2.14. The van der Waals surface area contributed by atoms with Crippen LogP contribution in [0.25, 0.3) is 16.6 Å². The largest absolute Gasteiger partial charge is 0.326 e. The minimum Gasteiger partial charge on any atom is -0.326 e. The maximum absolute atomic E-state index is 12.2. The average molecular weight is 373 g/mol. The van der Waals surface area contributed by atoms with Gasteiger partial charge in [0.15, 0.2) is 0 Å². The van der Waals surface area contributed by atoms with Crippen LogP contribution in [0.15, 0.2) is 72.0 Å². The number of fused-ring (bicyclic) bond motifs is 1. The molecule has 1 amide bonds. The van der Waals surface area contributed by atoms with Gasteiger partial charge in [-0.05, 0) is 42.8 Å². The number of hydrogen-bond donors (Lipinski definition) is 2. The number of benzene rings is 2. The van der Waals surface area contributed by atoms with Crippen LogP contribution >= 0.6 is 0 Å². The predicted octanol–water partition coefficient (Wildman–Crippen LogP) is 3.07. The molecular weight excluding hydrogens is 354 g/mol. The number of hydrogen-bond acceptors (Lipinski definition) is 4. The monoisotopic (exact) mass is 373 g/mol. The highest BCUT2D eigenvalue weighted by Gasteiger charge is 2.06. The lowest BCUT2D eigenvalue weighted by Gasteiger charge is -2.07. The fourth-order valence-electron chi connectivity index (χ4n) is 3.02. The van der Waals surface area contributed by atoms with E-state index in [0.29, 0.717) is 36.0 Å². The zero-order valence-electron chi connectivity index (χ0n) is 15.1. The van der Waals surface area contributed by atoms with E-state index in [1.807, 2.05) is 53.2 Å². The Morgan fingerprint density at radius 3 is 2.71 bits per heavy atom. The second-order valence-corrected chi connectivity index (χ2v) is 6.45. The van der Waals surface area contributed by atoms with Gasteiger partial charge in [0.05, 0.1) is 17.2 Å². The molecule has 2 aromatic heterocycles. The third-order valence-electron chi connectivity index (χ3n) is 4.43. The van der Waals surface area contributed by atoms with E-state index >= 15 is 0 Å². The van der Waals surface area contributed by atoms with Gasteiger partial charge < -0.3 is 14.9 Å². The Labute approximate surface area is 161 Å². The zero-order valence-corrected chi connectivity index (χ0v) is 15.1. The highest BCUT2D eigenvalue weighted by molar-refractivity contribution is 5.90. The first-order valence-corrected chi connectivity index (χ1v) is 9.05. The van der Waals surface area contributed by atoms with Gasteiger partial charge in [0.2, 0.25) is 5.91 Å². The van der Waals surface area contributed by atoms with Crippen LogP contribution in [0.4, 0.5) is 5.69 Å². The number of carbonyl (C=O) groups excluding carboxylic acids is 1. The normalized spacial score (nSPS) is 10.9. The standard InChI is InChI=1S/C21H19N5O2/c27-20(23-15-8-10-16(11-9-15)26-13-12-22-14-26)7-3-6-19-24-18-5-2-1-4-17(18)21(28)25-19/h1-2,4-5,8-14H,3,6-7H2,(H,23,27)(H,24,25,28). The molecule has 0 aliphatic carbocycles. The van der Waals surface area contributed by atoms with Crippen LogP contribution in [0.1, 0.15) is 18.7 Å². The van der Waals surface area contributed by atoms with Gasteiger partial charge >= 0.3 is 0 Å². The van der Waals surface area contributed by atoms with Crippen LogP contribution in [0, 0.1) is 0 Å². The molecule has 28 heavy (non-hydrogen) atoms. The van der Waals surface area contributed by atoms with Gasteiger partial charge in [-0.3, -0.25) is 9.59 Å². The molecule has 0 spiro atoms. The molecule has 4 aromatic rings. The summed E-state index contributed by atoms with van der Waals surface area (Å²) in [4.78, 5) is 35.5. The van der Waals surface area contributed by atoms with Gasteiger partial charge in [0.25, 0.3) is 5.56 Å². The Balaban J connectivity index is 1.32. The second kappa shape index (κ2) is 7.87. The van der Waals surface area contributed by atoms with Crippen LogP contribution in [0.2, 0.25) is 0 Å². The fraction of sp³-hybridized carbons (Fsp3) is 0.143. The topological polar surface area (TPSA) is 92.7 Å². The van der Waals surface area contributed by atoms with Gasteiger partial charge in [-0.15, -0.1) is 0 Å². The number of aryl methyl sites for hydroxylation is 1. The average Bonchev–Trinajstić information content (AvgIpc) is 3.23. The van der Waals surface area contributed by atoms with Crippen molar-refractivity contribution >= 4 is 22.5 Å². The highest BCUT2D eigenvalue weighted by atomic mass is 16.1. The summed E-state index contributed by atoms with van der Waals surface area (Å²) in [5.74, 6) is 0.528. The lowest BCUT2D eigenvalue weighted by Crippen LogP contribution is -2.14. The summed E-state index contributed by atoms with van der Waals surface area (Å²) in [6.07, 6.45) is 6.78. The number of para-hydroxylation sites is 1. The fourth-order valence-corrected chi connectivity index (χ4v) is 3.02. The van der Waals surface area contributed by atoms with Crippen molar-refractivity contribution in [1.82, 2.24) is 19.5 Å². The molecular formula is C21H19N5O2. The summed E-state index contributed by atoms with van der Waals surface area (Å²) in [5, 5.41) is 3.46. The van der Waals surface area contributed by atoms with Crippen molar-refractivity contribution in [3.05, 3.63) is 83.4 Å². The second-order valence-electron chi connectivity index (χ2n) is 6.45. The maximum atomic E-state index is 12.2. The molecule has 7 nitrogen and oxygen atoms in total. The summed E-state index contributed by atoms with van der Waals surface area (Å²) in [5.41, 5.74) is 2.24. The number of nitrogens with zero attached hydrogens (tertiary/aromatic N) is 3. The molecule has 0 bridgehead atoms. The molecule has 0 atom stereocenters. The third-order valence-corrected chi connectivity index (χ3v) is 4.43. The molecule has 7 heteroatoms. The summed E-state index contributed by atoms with van der Waals surface area (Å²) in [6.45, 7) is 0. The van der Waals surface area contributed by atoms with Crippen molar-refractivity contribution in [2.75, 3.05) is 5.32 Å².